The lowest BCUT2D eigenvalue weighted by Crippen LogP contribution is -2.04. The highest BCUT2D eigenvalue weighted by Crippen LogP contribution is 2.25. The fraction of sp³-hybridized carbons (Fsp3) is 0.200. The normalized spacial score (nSPS) is 9.40. The highest BCUT2D eigenvalue weighted by Gasteiger charge is 2.15. The lowest BCUT2D eigenvalue weighted by atomic mass is 10.1. The van der Waals surface area contributed by atoms with Crippen molar-refractivity contribution >= 4 is 5.97 Å². The van der Waals surface area contributed by atoms with E-state index in [9.17, 15) is 9.18 Å². The minimum Gasteiger partial charge on any atom is -0.492 e. The number of rotatable bonds is 3. The van der Waals surface area contributed by atoms with E-state index in [1.807, 2.05) is 0 Å². The second-order valence-electron chi connectivity index (χ2n) is 2.80. The van der Waals surface area contributed by atoms with Crippen LogP contribution in [0.25, 0.3) is 0 Å². The molecule has 0 aliphatic heterocycles. The van der Waals surface area contributed by atoms with Crippen molar-refractivity contribution in [1.82, 2.24) is 0 Å². The fourth-order valence-electron chi connectivity index (χ4n) is 1.18. The van der Waals surface area contributed by atoms with Gasteiger partial charge in [0.1, 0.15) is 6.07 Å². The van der Waals surface area contributed by atoms with Crippen LogP contribution in [0.1, 0.15) is 11.1 Å². The predicted octanol–water partition coefficient (Wildman–Crippen LogP) is 1.33. The molecule has 0 unspecified atom stereocenters. The summed E-state index contributed by atoms with van der Waals surface area (Å²) >= 11 is 0. The SMILES string of the molecule is COc1c(C#N)ccc(CC(=O)O)c1F. The van der Waals surface area contributed by atoms with Crippen LogP contribution in [0.15, 0.2) is 12.1 Å². The molecule has 0 spiro atoms. The van der Waals surface area contributed by atoms with Crippen LogP contribution in [0.3, 0.4) is 0 Å². The Morgan fingerprint density at radius 3 is 2.80 bits per heavy atom. The number of hydrogen-bond donors (Lipinski definition) is 1. The second kappa shape index (κ2) is 4.42. The highest BCUT2D eigenvalue weighted by molar-refractivity contribution is 5.70. The number of carbonyl (C=O) groups is 1. The van der Waals surface area contributed by atoms with Crippen LogP contribution in [-0.2, 0) is 11.2 Å². The number of carboxylic acids is 1. The molecule has 0 fully saturated rings. The first-order valence-corrected chi connectivity index (χ1v) is 4.07. The number of aliphatic carboxylic acids is 1. The van der Waals surface area contributed by atoms with Gasteiger partial charge in [-0.15, -0.1) is 0 Å². The quantitative estimate of drug-likeness (QED) is 0.815. The summed E-state index contributed by atoms with van der Waals surface area (Å²) in [6.07, 6.45) is -0.437. The minimum absolute atomic E-state index is 0.00153. The Morgan fingerprint density at radius 2 is 2.33 bits per heavy atom. The Labute approximate surface area is 85.5 Å². The number of carboxylic acid groups (broad SMARTS) is 1. The molecule has 0 saturated heterocycles. The lowest BCUT2D eigenvalue weighted by Gasteiger charge is -2.07. The number of halogens is 1. The van der Waals surface area contributed by atoms with E-state index in [1.165, 1.54) is 19.2 Å². The molecule has 1 N–H and O–H groups in total. The van der Waals surface area contributed by atoms with E-state index in [1.54, 1.807) is 6.07 Å². The average Bonchev–Trinajstić information content (AvgIpc) is 2.20. The third-order valence-corrected chi connectivity index (χ3v) is 1.84. The van der Waals surface area contributed by atoms with E-state index in [0.717, 1.165) is 0 Å². The van der Waals surface area contributed by atoms with Gasteiger partial charge in [0.05, 0.1) is 19.1 Å². The zero-order valence-electron chi connectivity index (χ0n) is 7.95. The van der Waals surface area contributed by atoms with Gasteiger partial charge in [0, 0.05) is 5.56 Å². The molecule has 0 aromatic heterocycles. The first kappa shape index (κ1) is 11.0. The Kier molecular flexibility index (Phi) is 3.24. The summed E-state index contributed by atoms with van der Waals surface area (Å²) in [5.41, 5.74) is 0.0440. The van der Waals surface area contributed by atoms with Gasteiger partial charge in [-0.3, -0.25) is 4.79 Å². The largest absolute Gasteiger partial charge is 0.492 e. The molecule has 0 radical (unpaired) electrons. The van der Waals surface area contributed by atoms with Gasteiger partial charge in [-0.2, -0.15) is 5.26 Å². The van der Waals surface area contributed by atoms with Crippen LogP contribution < -0.4 is 4.74 Å². The Hall–Kier alpha value is -2.09. The number of nitriles is 1. The van der Waals surface area contributed by atoms with Crippen molar-refractivity contribution in [2.24, 2.45) is 0 Å². The van der Waals surface area contributed by atoms with Gasteiger partial charge < -0.3 is 9.84 Å². The highest BCUT2D eigenvalue weighted by atomic mass is 19.1. The van der Waals surface area contributed by atoms with Gasteiger partial charge >= 0.3 is 5.97 Å². The van der Waals surface area contributed by atoms with Gasteiger partial charge in [-0.05, 0) is 6.07 Å². The van der Waals surface area contributed by atoms with Crippen LogP contribution in [0.4, 0.5) is 4.39 Å². The maximum Gasteiger partial charge on any atom is 0.307 e. The summed E-state index contributed by atoms with van der Waals surface area (Å²) in [5.74, 6) is -2.14. The average molecular weight is 209 g/mol. The summed E-state index contributed by atoms with van der Waals surface area (Å²) < 4.78 is 18.2. The zero-order chi connectivity index (χ0) is 11.4. The molecule has 15 heavy (non-hydrogen) atoms. The van der Waals surface area contributed by atoms with E-state index in [4.69, 9.17) is 15.1 Å². The topological polar surface area (TPSA) is 70.3 Å². The van der Waals surface area contributed by atoms with Crippen molar-refractivity contribution in [3.8, 4) is 11.8 Å². The maximum absolute atomic E-state index is 13.5. The van der Waals surface area contributed by atoms with Crippen LogP contribution in [0, 0.1) is 17.1 Å². The minimum atomic E-state index is -1.14. The molecule has 0 heterocycles. The molecule has 0 amide bonds. The molecular formula is C10H8FNO3. The summed E-state index contributed by atoms with van der Waals surface area (Å²) in [4.78, 5) is 10.4. The van der Waals surface area contributed by atoms with Crippen molar-refractivity contribution in [3.63, 3.8) is 0 Å². The molecule has 0 aliphatic rings. The first-order valence-electron chi connectivity index (χ1n) is 4.07. The fourth-order valence-corrected chi connectivity index (χ4v) is 1.18. The van der Waals surface area contributed by atoms with Crippen molar-refractivity contribution in [2.75, 3.05) is 7.11 Å². The van der Waals surface area contributed by atoms with Gasteiger partial charge in [0.15, 0.2) is 11.6 Å². The Balaban J connectivity index is 3.24. The van der Waals surface area contributed by atoms with Crippen LogP contribution >= 0.6 is 0 Å². The summed E-state index contributed by atoms with van der Waals surface area (Å²) in [6, 6.07) is 4.36. The van der Waals surface area contributed by atoms with Crippen molar-refractivity contribution in [3.05, 3.63) is 29.1 Å². The van der Waals surface area contributed by atoms with Gasteiger partial charge in [-0.1, -0.05) is 6.07 Å². The number of hydrogen-bond acceptors (Lipinski definition) is 3. The Bertz CT molecular complexity index is 437. The van der Waals surface area contributed by atoms with E-state index in [0.29, 0.717) is 0 Å². The van der Waals surface area contributed by atoms with Crippen molar-refractivity contribution in [2.45, 2.75) is 6.42 Å². The standard InChI is InChI=1S/C10H8FNO3/c1-15-10-7(5-12)3-2-6(9(10)11)4-8(13)14/h2-3H,4H2,1H3,(H,13,14). The molecule has 0 atom stereocenters. The first-order chi connectivity index (χ1) is 7.10. The second-order valence-corrected chi connectivity index (χ2v) is 2.80. The lowest BCUT2D eigenvalue weighted by molar-refractivity contribution is -0.136. The predicted molar refractivity (Wildman–Crippen MR) is 49.0 cm³/mol. The van der Waals surface area contributed by atoms with Crippen molar-refractivity contribution < 1.29 is 19.0 Å². The molecule has 4 nitrogen and oxygen atoms in total. The van der Waals surface area contributed by atoms with E-state index in [2.05, 4.69) is 0 Å². The third kappa shape index (κ3) is 2.23. The maximum atomic E-state index is 13.5. The van der Waals surface area contributed by atoms with Crippen LogP contribution in [0.5, 0.6) is 5.75 Å². The summed E-state index contributed by atoms with van der Waals surface area (Å²) in [6.45, 7) is 0. The van der Waals surface area contributed by atoms with Crippen molar-refractivity contribution in [1.29, 1.82) is 5.26 Å². The van der Waals surface area contributed by atoms with E-state index >= 15 is 0 Å². The Morgan fingerprint density at radius 1 is 1.67 bits per heavy atom. The van der Waals surface area contributed by atoms with Gasteiger partial charge in [0.25, 0.3) is 0 Å². The molecule has 78 valence electrons. The molecule has 1 aromatic rings. The van der Waals surface area contributed by atoms with E-state index < -0.39 is 18.2 Å². The van der Waals surface area contributed by atoms with Gasteiger partial charge in [-0.25, -0.2) is 4.39 Å². The smallest absolute Gasteiger partial charge is 0.307 e. The van der Waals surface area contributed by atoms with Gasteiger partial charge in [0.2, 0.25) is 0 Å². The molecule has 1 rings (SSSR count). The number of methoxy groups -OCH3 is 1. The summed E-state index contributed by atoms with van der Waals surface area (Å²) in [5, 5.41) is 17.1. The molecule has 0 bridgehead atoms. The van der Waals surface area contributed by atoms with Crippen LogP contribution in [0.2, 0.25) is 0 Å². The molecule has 0 saturated carbocycles. The molecule has 0 aliphatic carbocycles. The zero-order valence-corrected chi connectivity index (χ0v) is 7.95. The molecule has 5 heteroatoms. The molecule has 1 aromatic carbocycles. The summed E-state index contributed by atoms with van der Waals surface area (Å²) in [7, 11) is 1.23. The number of benzene rings is 1. The third-order valence-electron chi connectivity index (χ3n) is 1.84. The van der Waals surface area contributed by atoms with Crippen LogP contribution in [-0.4, -0.2) is 18.2 Å². The number of nitrogens with zero attached hydrogens (tertiary/aromatic N) is 1. The monoisotopic (exact) mass is 209 g/mol. The number of ether oxygens (including phenoxy) is 1. The van der Waals surface area contributed by atoms with E-state index in [-0.39, 0.29) is 16.9 Å². The molecular weight excluding hydrogens is 201 g/mol.